The van der Waals surface area contributed by atoms with Gasteiger partial charge in [-0.25, -0.2) is 0 Å². The van der Waals surface area contributed by atoms with Gasteiger partial charge in [0.25, 0.3) is 0 Å². The summed E-state index contributed by atoms with van der Waals surface area (Å²) in [5.41, 5.74) is 3.35. The highest BCUT2D eigenvalue weighted by atomic mass is 19.4. The van der Waals surface area contributed by atoms with Crippen LogP contribution in [-0.4, -0.2) is 22.7 Å². The Kier molecular flexibility index (Phi) is 4.54. The van der Waals surface area contributed by atoms with Crippen molar-refractivity contribution in [3.8, 4) is 0 Å². The first-order valence-corrected chi connectivity index (χ1v) is 5.51. The van der Waals surface area contributed by atoms with Crippen LogP contribution in [0.2, 0.25) is 0 Å². The average Bonchev–Trinajstić information content (AvgIpc) is 2.35. The molecule has 1 rings (SSSR count). The number of hydrogen-bond donors (Lipinski definition) is 3. The largest absolute Gasteiger partial charge is 0.415 e. The van der Waals surface area contributed by atoms with Gasteiger partial charge in [0.1, 0.15) is 0 Å². The predicted molar refractivity (Wildman–Crippen MR) is 62.9 cm³/mol. The summed E-state index contributed by atoms with van der Waals surface area (Å²) in [5, 5.41) is 11.0. The van der Waals surface area contributed by atoms with Gasteiger partial charge in [-0.3, -0.25) is 4.79 Å². The third-order valence-corrected chi connectivity index (χ3v) is 2.72. The number of carbonyl (C=O) groups is 1. The van der Waals surface area contributed by atoms with Crippen LogP contribution in [0.3, 0.4) is 0 Å². The minimum atomic E-state index is -4.81. The van der Waals surface area contributed by atoms with Crippen LogP contribution >= 0.6 is 0 Å². The van der Waals surface area contributed by atoms with Crippen molar-refractivity contribution < 1.29 is 23.1 Å². The number of benzene rings is 1. The van der Waals surface area contributed by atoms with Gasteiger partial charge >= 0.3 is 6.18 Å². The normalized spacial score (nSPS) is 14.8. The molecule has 0 aliphatic rings. The van der Waals surface area contributed by atoms with Gasteiger partial charge in [0, 0.05) is 6.54 Å². The Balaban J connectivity index is 2.63. The molecule has 0 aliphatic heterocycles. The van der Waals surface area contributed by atoms with Crippen LogP contribution in [0.4, 0.5) is 13.2 Å². The maximum atomic E-state index is 12.5. The molecular formula is C12H15F3N2O2. The number of nitrogens with one attached hydrogen (secondary N) is 1. The topological polar surface area (TPSA) is 75.4 Å². The highest BCUT2D eigenvalue weighted by molar-refractivity contribution is 5.86. The highest BCUT2D eigenvalue weighted by Crippen LogP contribution is 2.27. The zero-order valence-electron chi connectivity index (χ0n) is 10.3. The molecule has 1 aromatic carbocycles. The monoisotopic (exact) mass is 276 g/mol. The molecule has 0 fully saturated rings. The Labute approximate surface area is 108 Å². The molecule has 0 heterocycles. The van der Waals surface area contributed by atoms with Crippen molar-refractivity contribution in [3.63, 3.8) is 0 Å². The molecule has 0 saturated carbocycles. The molecule has 0 aliphatic carbocycles. The van der Waals surface area contributed by atoms with E-state index in [-0.39, 0.29) is 13.2 Å². The number of amides is 1. The third-order valence-electron chi connectivity index (χ3n) is 2.72. The Morgan fingerprint density at radius 2 is 1.74 bits per heavy atom. The van der Waals surface area contributed by atoms with E-state index in [0.717, 1.165) is 0 Å². The lowest BCUT2D eigenvalue weighted by atomic mass is 10.0. The predicted octanol–water partition coefficient (Wildman–Crippen LogP) is 1.07. The second-order valence-corrected chi connectivity index (χ2v) is 4.36. The first kappa shape index (κ1) is 15.5. The van der Waals surface area contributed by atoms with Crippen molar-refractivity contribution in [2.45, 2.75) is 31.8 Å². The Morgan fingerprint density at radius 3 is 2.16 bits per heavy atom. The highest BCUT2D eigenvalue weighted by Gasteiger charge is 2.53. The minimum Gasteiger partial charge on any atom is -0.392 e. The van der Waals surface area contributed by atoms with E-state index in [0.29, 0.717) is 18.1 Å². The van der Waals surface area contributed by atoms with Crippen molar-refractivity contribution in [2.24, 2.45) is 5.73 Å². The Morgan fingerprint density at radius 1 is 1.26 bits per heavy atom. The van der Waals surface area contributed by atoms with Crippen molar-refractivity contribution >= 4 is 5.91 Å². The molecule has 1 aromatic rings. The van der Waals surface area contributed by atoms with Gasteiger partial charge in [0.15, 0.2) is 5.54 Å². The van der Waals surface area contributed by atoms with Crippen LogP contribution in [-0.2, 0) is 17.9 Å². The molecule has 106 valence electrons. The zero-order chi connectivity index (χ0) is 14.7. The van der Waals surface area contributed by atoms with E-state index in [1.165, 1.54) is 0 Å². The molecule has 4 N–H and O–H groups in total. The van der Waals surface area contributed by atoms with Gasteiger partial charge in [0.2, 0.25) is 5.91 Å². The standard InChI is InChI=1S/C12H15F3N2O2/c1-11(16,12(13,14)15)10(19)17-6-8-2-4-9(7-18)5-3-8/h2-5,18H,6-7,16H2,1H3,(H,17,19). The summed E-state index contributed by atoms with van der Waals surface area (Å²) in [6, 6.07) is 6.44. The summed E-state index contributed by atoms with van der Waals surface area (Å²) < 4.78 is 37.5. The minimum absolute atomic E-state index is 0.0621. The second-order valence-electron chi connectivity index (χ2n) is 4.36. The summed E-state index contributed by atoms with van der Waals surface area (Å²) in [6.07, 6.45) is -4.81. The lowest BCUT2D eigenvalue weighted by Crippen LogP contribution is -2.61. The molecule has 1 atom stereocenters. The van der Waals surface area contributed by atoms with Crippen LogP contribution in [0.15, 0.2) is 24.3 Å². The van der Waals surface area contributed by atoms with Crippen LogP contribution in [0, 0.1) is 0 Å². The molecule has 0 bridgehead atoms. The van der Waals surface area contributed by atoms with E-state index in [9.17, 15) is 18.0 Å². The molecule has 0 saturated heterocycles. The number of alkyl halides is 3. The van der Waals surface area contributed by atoms with E-state index in [2.05, 4.69) is 5.32 Å². The molecule has 19 heavy (non-hydrogen) atoms. The van der Waals surface area contributed by atoms with Crippen molar-refractivity contribution in [1.29, 1.82) is 0 Å². The molecule has 4 nitrogen and oxygen atoms in total. The maximum absolute atomic E-state index is 12.5. The number of halogens is 3. The number of nitrogens with two attached hydrogens (primary N) is 1. The Bertz CT molecular complexity index is 441. The molecule has 0 spiro atoms. The number of rotatable bonds is 4. The van der Waals surface area contributed by atoms with Gasteiger partial charge in [-0.1, -0.05) is 24.3 Å². The number of carbonyl (C=O) groups excluding carboxylic acids is 1. The number of hydrogen-bond acceptors (Lipinski definition) is 3. The van der Waals surface area contributed by atoms with E-state index in [4.69, 9.17) is 10.8 Å². The first-order valence-electron chi connectivity index (χ1n) is 5.51. The molecule has 0 aromatic heterocycles. The van der Waals surface area contributed by atoms with Gasteiger partial charge in [-0.05, 0) is 18.1 Å². The summed E-state index contributed by atoms with van der Waals surface area (Å²) >= 11 is 0. The number of aliphatic hydroxyl groups excluding tert-OH is 1. The summed E-state index contributed by atoms with van der Waals surface area (Å²) in [7, 11) is 0. The summed E-state index contributed by atoms with van der Waals surface area (Å²) in [4.78, 5) is 11.4. The smallest absolute Gasteiger partial charge is 0.392 e. The fraction of sp³-hybridized carbons (Fsp3) is 0.417. The van der Waals surface area contributed by atoms with Crippen LogP contribution in [0.1, 0.15) is 18.1 Å². The summed E-state index contributed by atoms with van der Waals surface area (Å²) in [6.45, 7) is 0.437. The molecule has 0 radical (unpaired) electrons. The fourth-order valence-electron chi connectivity index (χ4n) is 1.26. The van der Waals surface area contributed by atoms with E-state index in [1.807, 2.05) is 0 Å². The first-order chi connectivity index (χ1) is 8.68. The van der Waals surface area contributed by atoms with E-state index < -0.39 is 17.6 Å². The van der Waals surface area contributed by atoms with Crippen molar-refractivity contribution in [3.05, 3.63) is 35.4 Å². The van der Waals surface area contributed by atoms with Gasteiger partial charge in [-0.15, -0.1) is 0 Å². The van der Waals surface area contributed by atoms with Gasteiger partial charge in [-0.2, -0.15) is 13.2 Å². The van der Waals surface area contributed by atoms with E-state index in [1.54, 1.807) is 24.3 Å². The summed E-state index contributed by atoms with van der Waals surface area (Å²) in [5.74, 6) is -1.29. The molecule has 1 unspecified atom stereocenters. The van der Waals surface area contributed by atoms with Gasteiger partial charge in [0.05, 0.1) is 6.61 Å². The molecule has 7 heteroatoms. The molecule has 1 amide bonds. The van der Waals surface area contributed by atoms with Crippen LogP contribution < -0.4 is 11.1 Å². The van der Waals surface area contributed by atoms with Gasteiger partial charge < -0.3 is 16.2 Å². The SMILES string of the molecule is CC(N)(C(=O)NCc1ccc(CO)cc1)C(F)(F)F. The van der Waals surface area contributed by atoms with Crippen molar-refractivity contribution in [1.82, 2.24) is 5.32 Å². The average molecular weight is 276 g/mol. The third kappa shape index (κ3) is 3.68. The fourth-order valence-corrected chi connectivity index (χ4v) is 1.26. The van der Waals surface area contributed by atoms with Crippen LogP contribution in [0.25, 0.3) is 0 Å². The zero-order valence-corrected chi connectivity index (χ0v) is 10.3. The molecular weight excluding hydrogens is 261 g/mol. The number of aliphatic hydroxyl groups is 1. The van der Waals surface area contributed by atoms with Crippen LogP contribution in [0.5, 0.6) is 0 Å². The quantitative estimate of drug-likeness (QED) is 0.770. The lowest BCUT2D eigenvalue weighted by Gasteiger charge is -2.26. The second kappa shape index (κ2) is 5.58. The Hall–Kier alpha value is -1.60. The lowest BCUT2D eigenvalue weighted by molar-refractivity contribution is -0.187. The van der Waals surface area contributed by atoms with Crippen molar-refractivity contribution in [2.75, 3.05) is 0 Å². The van der Waals surface area contributed by atoms with E-state index >= 15 is 0 Å². The maximum Gasteiger partial charge on any atom is 0.415 e.